The number of hydrogen-bond donors (Lipinski definition) is 2. The van der Waals surface area contributed by atoms with Gasteiger partial charge < -0.3 is 24.4 Å². The van der Waals surface area contributed by atoms with Gasteiger partial charge in [0.1, 0.15) is 18.5 Å². The second kappa shape index (κ2) is 11.5. The Balaban J connectivity index is 1.74. The zero-order chi connectivity index (χ0) is 25.8. The molecule has 0 radical (unpaired) electrons. The predicted molar refractivity (Wildman–Crippen MR) is 134 cm³/mol. The topological polar surface area (TPSA) is 103 Å². The zero-order valence-corrected chi connectivity index (χ0v) is 21.6. The minimum Gasteiger partial charge on any atom is -0.488 e. The number of aliphatic hydroxyl groups is 1. The fourth-order valence-electron chi connectivity index (χ4n) is 4.74. The quantitative estimate of drug-likeness (QED) is 0.453. The molecule has 36 heavy (non-hydrogen) atoms. The number of nitrogens with one attached hydrogen (secondary N) is 1. The monoisotopic (exact) mass is 498 g/mol. The van der Waals surface area contributed by atoms with E-state index in [0.29, 0.717) is 29.6 Å². The van der Waals surface area contributed by atoms with Crippen LogP contribution >= 0.6 is 0 Å². The molecular weight excluding hydrogens is 463 g/mol. The van der Waals surface area contributed by atoms with Crippen LogP contribution in [0.4, 0.5) is 4.39 Å². The van der Waals surface area contributed by atoms with Gasteiger partial charge in [0.15, 0.2) is 17.4 Å². The second-order valence-corrected chi connectivity index (χ2v) is 9.61. The summed E-state index contributed by atoms with van der Waals surface area (Å²) in [5, 5.41) is 17.0. The average molecular weight is 499 g/mol. The lowest BCUT2D eigenvalue weighted by Gasteiger charge is -2.27. The van der Waals surface area contributed by atoms with Crippen LogP contribution in [-0.2, 0) is 11.2 Å². The molecule has 0 aliphatic carbocycles. The van der Waals surface area contributed by atoms with Crippen LogP contribution in [-0.4, -0.2) is 59.2 Å². The Kier molecular flexibility index (Phi) is 8.33. The first-order valence-electron chi connectivity index (χ1n) is 12.4. The molecule has 1 aliphatic heterocycles. The molecule has 1 aliphatic rings. The van der Waals surface area contributed by atoms with E-state index in [1.54, 1.807) is 19.2 Å². The van der Waals surface area contributed by atoms with Crippen LogP contribution < -0.4 is 10.1 Å². The van der Waals surface area contributed by atoms with E-state index < -0.39 is 11.9 Å². The van der Waals surface area contributed by atoms with Gasteiger partial charge in [0.25, 0.3) is 0 Å². The highest BCUT2D eigenvalue weighted by Crippen LogP contribution is 2.34. The molecule has 3 atom stereocenters. The largest absolute Gasteiger partial charge is 0.488 e. The van der Waals surface area contributed by atoms with Crippen LogP contribution in [0.15, 0.2) is 22.7 Å². The summed E-state index contributed by atoms with van der Waals surface area (Å²) in [6, 6.07) is 4.57. The van der Waals surface area contributed by atoms with E-state index in [1.807, 2.05) is 20.8 Å². The first-order chi connectivity index (χ1) is 17.3. The molecule has 2 N–H and O–H groups in total. The maximum absolute atomic E-state index is 14.5. The van der Waals surface area contributed by atoms with Crippen molar-refractivity contribution in [2.24, 2.45) is 5.92 Å². The summed E-state index contributed by atoms with van der Waals surface area (Å²) in [4.78, 5) is 9.84. The lowest BCUT2D eigenvalue weighted by atomic mass is 9.89. The van der Waals surface area contributed by atoms with Crippen molar-refractivity contribution in [3.63, 3.8) is 0 Å². The number of rotatable bonds is 9. The lowest BCUT2D eigenvalue weighted by Crippen LogP contribution is -2.29. The van der Waals surface area contributed by atoms with E-state index in [-0.39, 0.29) is 18.5 Å². The number of likely N-dealkylation sites (N-methyl/N-ethyl adjacent to an activating group) is 1. The zero-order valence-electron chi connectivity index (χ0n) is 21.6. The van der Waals surface area contributed by atoms with Crippen molar-refractivity contribution >= 4 is 0 Å². The lowest BCUT2D eigenvalue weighted by molar-refractivity contribution is 0.00262. The van der Waals surface area contributed by atoms with Crippen LogP contribution in [0, 0.1) is 32.5 Å². The van der Waals surface area contributed by atoms with Gasteiger partial charge in [-0.25, -0.2) is 14.4 Å². The molecule has 3 aromatic rings. The minimum absolute atomic E-state index is 0.0342. The molecule has 2 aromatic heterocycles. The molecule has 3 unspecified atom stereocenters. The van der Waals surface area contributed by atoms with Crippen LogP contribution in [0.3, 0.4) is 0 Å². The smallest absolute Gasteiger partial charge is 0.165 e. The van der Waals surface area contributed by atoms with Gasteiger partial charge >= 0.3 is 0 Å². The molecule has 0 spiro atoms. The number of aryl methyl sites for hydroxylation is 2. The third-order valence-electron chi connectivity index (χ3n) is 6.65. The number of ether oxygens (including phenoxy) is 2. The van der Waals surface area contributed by atoms with Crippen molar-refractivity contribution in [2.45, 2.75) is 59.2 Å². The van der Waals surface area contributed by atoms with Gasteiger partial charge in [0, 0.05) is 24.4 Å². The van der Waals surface area contributed by atoms with Crippen molar-refractivity contribution in [1.82, 2.24) is 20.4 Å². The van der Waals surface area contributed by atoms with Crippen molar-refractivity contribution in [1.29, 1.82) is 0 Å². The molecule has 0 amide bonds. The molecule has 0 bridgehead atoms. The van der Waals surface area contributed by atoms with Gasteiger partial charge in [-0.05, 0) is 83.7 Å². The SMILES string of the molecule is CNCC(O)COc1cc(-c2nc(CC3CCOC(C)C3)c(C)c(-c3c(C)noc3C)n2)ccc1F. The Hall–Kier alpha value is -2.88. The first-order valence-corrected chi connectivity index (χ1v) is 12.4. The van der Waals surface area contributed by atoms with E-state index in [4.69, 9.17) is 24.0 Å². The summed E-state index contributed by atoms with van der Waals surface area (Å²) in [7, 11) is 1.73. The Morgan fingerprint density at radius 3 is 2.75 bits per heavy atom. The van der Waals surface area contributed by atoms with E-state index in [2.05, 4.69) is 17.4 Å². The van der Waals surface area contributed by atoms with Crippen LogP contribution in [0.25, 0.3) is 22.6 Å². The van der Waals surface area contributed by atoms with Crippen LogP contribution in [0.2, 0.25) is 0 Å². The van der Waals surface area contributed by atoms with Crippen LogP contribution in [0.1, 0.15) is 42.5 Å². The molecule has 1 saturated heterocycles. The molecule has 1 fully saturated rings. The van der Waals surface area contributed by atoms with E-state index in [0.717, 1.165) is 54.1 Å². The minimum atomic E-state index is -0.756. The maximum Gasteiger partial charge on any atom is 0.165 e. The van der Waals surface area contributed by atoms with Gasteiger partial charge in [0.2, 0.25) is 0 Å². The van der Waals surface area contributed by atoms with Gasteiger partial charge in [-0.3, -0.25) is 0 Å². The van der Waals surface area contributed by atoms with E-state index in [9.17, 15) is 9.50 Å². The average Bonchev–Trinajstić information content (AvgIpc) is 3.18. The number of halogens is 1. The van der Waals surface area contributed by atoms with E-state index in [1.165, 1.54) is 6.07 Å². The molecule has 4 rings (SSSR count). The Morgan fingerprint density at radius 2 is 2.06 bits per heavy atom. The molecular formula is C27H35FN4O4. The highest BCUT2D eigenvalue weighted by atomic mass is 19.1. The third-order valence-corrected chi connectivity index (χ3v) is 6.65. The predicted octanol–water partition coefficient (Wildman–Crippen LogP) is 4.18. The molecule has 8 nitrogen and oxygen atoms in total. The van der Waals surface area contributed by atoms with Gasteiger partial charge in [-0.1, -0.05) is 5.16 Å². The Morgan fingerprint density at radius 1 is 1.25 bits per heavy atom. The van der Waals surface area contributed by atoms with Crippen molar-refractivity contribution in [2.75, 3.05) is 26.8 Å². The van der Waals surface area contributed by atoms with Gasteiger partial charge in [0.05, 0.1) is 23.1 Å². The number of hydrogen-bond acceptors (Lipinski definition) is 8. The molecule has 1 aromatic carbocycles. The fourth-order valence-corrected chi connectivity index (χ4v) is 4.74. The standard InChI is InChI=1S/C27H35FN4O4/c1-15-10-19(8-9-34-15)11-23-16(2)26(25-17(3)32-36-18(25)4)31-27(30-23)20-6-7-22(28)24(12-20)35-14-21(33)13-29-5/h6-7,12,15,19,21,29,33H,8-11,13-14H2,1-5H3. The normalized spacial score (nSPS) is 18.9. The van der Waals surface area contributed by atoms with E-state index >= 15 is 0 Å². The number of aliphatic hydroxyl groups excluding tert-OH is 1. The highest BCUT2D eigenvalue weighted by molar-refractivity contribution is 5.71. The number of nitrogens with zero attached hydrogens (tertiary/aromatic N) is 3. The molecule has 9 heteroatoms. The van der Waals surface area contributed by atoms with Gasteiger partial charge in [-0.15, -0.1) is 0 Å². The summed E-state index contributed by atoms with van der Waals surface area (Å²) < 4.78 is 31.3. The van der Waals surface area contributed by atoms with Crippen molar-refractivity contribution < 1.29 is 23.5 Å². The molecule has 0 saturated carbocycles. The van der Waals surface area contributed by atoms with Crippen LogP contribution in [0.5, 0.6) is 5.75 Å². The first kappa shape index (κ1) is 26.2. The third kappa shape index (κ3) is 5.91. The maximum atomic E-state index is 14.5. The van der Waals surface area contributed by atoms with Gasteiger partial charge in [-0.2, -0.15) is 0 Å². The van der Waals surface area contributed by atoms with Crippen molar-refractivity contribution in [3.05, 3.63) is 46.7 Å². The molecule has 194 valence electrons. The summed E-state index contributed by atoms with van der Waals surface area (Å²) in [5.74, 6) is 1.16. The summed E-state index contributed by atoms with van der Waals surface area (Å²) >= 11 is 0. The summed E-state index contributed by atoms with van der Waals surface area (Å²) in [6.07, 6.45) is 2.22. The Bertz CT molecular complexity index is 1180. The summed E-state index contributed by atoms with van der Waals surface area (Å²) in [5.41, 5.74) is 4.94. The van der Waals surface area contributed by atoms with Crippen molar-refractivity contribution in [3.8, 4) is 28.4 Å². The number of benzene rings is 1. The Labute approximate surface area is 211 Å². The number of aromatic nitrogens is 3. The second-order valence-electron chi connectivity index (χ2n) is 9.61. The highest BCUT2D eigenvalue weighted by Gasteiger charge is 2.25. The fraction of sp³-hybridized carbons (Fsp3) is 0.519. The molecule has 3 heterocycles. The summed E-state index contributed by atoms with van der Waals surface area (Å²) in [6.45, 7) is 8.96.